The van der Waals surface area contributed by atoms with Crippen LogP contribution in [0, 0.1) is 0 Å². The molecule has 1 aromatic heterocycles. The van der Waals surface area contributed by atoms with Crippen LogP contribution in [0.5, 0.6) is 5.75 Å². The highest BCUT2D eigenvalue weighted by atomic mass is 16.5. The molecule has 1 saturated carbocycles. The summed E-state index contributed by atoms with van der Waals surface area (Å²) in [6.07, 6.45) is 8.09. The van der Waals surface area contributed by atoms with Crippen LogP contribution in [-0.4, -0.2) is 48.6 Å². The van der Waals surface area contributed by atoms with E-state index in [1.807, 2.05) is 37.1 Å². The standard InChI is InChI=1S/C27H35N3O2/c1-19(27(31)30(2)21-9-5-4-6-10-21)28-17-24(20-13-15-22(32-3)16-14-20)25-18-29-26-12-8-7-11-23(25)26/h7-8,11-16,18-19,21,24,28-29H,4-6,9-10,17H2,1-3H3/t19-,24+/m0/s1. The van der Waals surface area contributed by atoms with Crippen molar-refractivity contribution < 1.29 is 9.53 Å². The minimum atomic E-state index is -0.229. The van der Waals surface area contributed by atoms with Gasteiger partial charge in [0.05, 0.1) is 13.2 Å². The van der Waals surface area contributed by atoms with Crippen molar-refractivity contribution >= 4 is 16.8 Å². The lowest BCUT2D eigenvalue weighted by atomic mass is 9.90. The number of nitrogens with zero attached hydrogens (tertiary/aromatic N) is 1. The number of carbonyl (C=O) groups is 1. The zero-order valence-electron chi connectivity index (χ0n) is 19.4. The van der Waals surface area contributed by atoms with E-state index in [1.54, 1.807) is 7.11 Å². The number of carbonyl (C=O) groups excluding carboxylic acids is 1. The lowest BCUT2D eigenvalue weighted by Crippen LogP contribution is -2.48. The molecule has 0 saturated heterocycles. The van der Waals surface area contributed by atoms with Gasteiger partial charge in [0.25, 0.3) is 0 Å². The number of benzene rings is 2. The normalized spacial score (nSPS) is 16.6. The summed E-state index contributed by atoms with van der Waals surface area (Å²) in [4.78, 5) is 18.5. The Morgan fingerprint density at radius 2 is 1.84 bits per heavy atom. The Bertz CT molecular complexity index is 1020. The first kappa shape index (κ1) is 22.4. The number of H-pyrrole nitrogens is 1. The van der Waals surface area contributed by atoms with Crippen molar-refractivity contribution in [3.05, 3.63) is 65.9 Å². The van der Waals surface area contributed by atoms with E-state index in [-0.39, 0.29) is 17.9 Å². The summed E-state index contributed by atoms with van der Waals surface area (Å²) in [5.41, 5.74) is 3.56. The van der Waals surface area contributed by atoms with Gasteiger partial charge in [-0.15, -0.1) is 0 Å². The van der Waals surface area contributed by atoms with Crippen molar-refractivity contribution in [1.82, 2.24) is 15.2 Å². The second kappa shape index (κ2) is 10.2. The van der Waals surface area contributed by atoms with E-state index in [0.29, 0.717) is 12.6 Å². The first-order valence-electron chi connectivity index (χ1n) is 11.8. The summed E-state index contributed by atoms with van der Waals surface area (Å²) in [5, 5.41) is 4.76. The molecule has 2 N–H and O–H groups in total. The Kier molecular flexibility index (Phi) is 7.15. The number of aromatic amines is 1. The maximum Gasteiger partial charge on any atom is 0.239 e. The van der Waals surface area contributed by atoms with E-state index in [1.165, 1.54) is 35.8 Å². The fraction of sp³-hybridized carbons (Fsp3) is 0.444. The number of nitrogens with one attached hydrogen (secondary N) is 2. The third-order valence-electron chi connectivity index (χ3n) is 6.98. The summed E-state index contributed by atoms with van der Waals surface area (Å²) in [6.45, 7) is 2.67. The van der Waals surface area contributed by atoms with Gasteiger partial charge in [-0.3, -0.25) is 4.79 Å². The third-order valence-corrected chi connectivity index (χ3v) is 6.98. The number of hydrogen-bond acceptors (Lipinski definition) is 3. The largest absolute Gasteiger partial charge is 0.497 e. The zero-order chi connectivity index (χ0) is 22.5. The van der Waals surface area contributed by atoms with Gasteiger partial charge in [-0.2, -0.15) is 0 Å². The summed E-state index contributed by atoms with van der Waals surface area (Å²) in [7, 11) is 3.65. The highest BCUT2D eigenvalue weighted by Crippen LogP contribution is 2.31. The predicted octanol–water partition coefficient (Wildman–Crippen LogP) is 5.08. The van der Waals surface area contributed by atoms with E-state index in [0.717, 1.165) is 24.1 Å². The van der Waals surface area contributed by atoms with Gasteiger partial charge in [-0.1, -0.05) is 49.6 Å². The van der Waals surface area contributed by atoms with Crippen LogP contribution in [0.4, 0.5) is 0 Å². The zero-order valence-corrected chi connectivity index (χ0v) is 19.4. The average Bonchev–Trinajstić information content (AvgIpc) is 3.28. The van der Waals surface area contributed by atoms with Crippen LogP contribution in [0.15, 0.2) is 54.7 Å². The van der Waals surface area contributed by atoms with Gasteiger partial charge in [0.15, 0.2) is 0 Å². The number of amides is 1. The van der Waals surface area contributed by atoms with Gasteiger partial charge < -0.3 is 19.9 Å². The van der Waals surface area contributed by atoms with E-state index < -0.39 is 0 Å². The van der Waals surface area contributed by atoms with Crippen molar-refractivity contribution in [3.8, 4) is 5.75 Å². The molecule has 3 aromatic rings. The Balaban J connectivity index is 1.53. The Morgan fingerprint density at radius 1 is 1.12 bits per heavy atom. The molecule has 1 amide bonds. The van der Waals surface area contributed by atoms with Crippen LogP contribution in [0.25, 0.3) is 10.9 Å². The quantitative estimate of drug-likeness (QED) is 0.521. The van der Waals surface area contributed by atoms with Gasteiger partial charge in [0.1, 0.15) is 5.75 Å². The number of ether oxygens (including phenoxy) is 1. The maximum atomic E-state index is 13.1. The first-order chi connectivity index (χ1) is 15.6. The van der Waals surface area contributed by atoms with E-state index in [4.69, 9.17) is 4.74 Å². The molecule has 1 aliphatic rings. The van der Waals surface area contributed by atoms with Crippen molar-refractivity contribution in [3.63, 3.8) is 0 Å². The minimum Gasteiger partial charge on any atom is -0.497 e. The predicted molar refractivity (Wildman–Crippen MR) is 130 cm³/mol. The van der Waals surface area contributed by atoms with Crippen LogP contribution in [0.2, 0.25) is 0 Å². The number of likely N-dealkylation sites (N-methyl/N-ethyl adjacent to an activating group) is 1. The van der Waals surface area contributed by atoms with E-state index >= 15 is 0 Å². The van der Waals surface area contributed by atoms with Gasteiger partial charge in [0.2, 0.25) is 5.91 Å². The average molecular weight is 434 g/mol. The number of para-hydroxylation sites is 1. The second-order valence-electron chi connectivity index (χ2n) is 8.99. The molecule has 1 fully saturated rings. The van der Waals surface area contributed by atoms with Gasteiger partial charge in [0, 0.05) is 42.7 Å². The monoisotopic (exact) mass is 433 g/mol. The molecular weight excluding hydrogens is 398 g/mol. The molecule has 170 valence electrons. The molecule has 5 nitrogen and oxygen atoms in total. The third kappa shape index (κ3) is 4.83. The molecule has 2 aromatic carbocycles. The Hall–Kier alpha value is -2.79. The summed E-state index contributed by atoms with van der Waals surface area (Å²) < 4.78 is 5.35. The molecule has 1 heterocycles. The van der Waals surface area contributed by atoms with Crippen molar-refractivity contribution in [2.75, 3.05) is 20.7 Å². The lowest BCUT2D eigenvalue weighted by Gasteiger charge is -2.33. The first-order valence-corrected chi connectivity index (χ1v) is 11.8. The number of fused-ring (bicyclic) bond motifs is 1. The number of aromatic nitrogens is 1. The van der Waals surface area contributed by atoms with Crippen molar-refractivity contribution in [2.45, 2.75) is 57.0 Å². The molecular formula is C27H35N3O2. The van der Waals surface area contributed by atoms with Crippen molar-refractivity contribution in [1.29, 1.82) is 0 Å². The fourth-order valence-electron chi connectivity index (χ4n) is 4.96. The maximum absolute atomic E-state index is 13.1. The van der Waals surface area contributed by atoms with Gasteiger partial charge in [-0.05, 0) is 49.1 Å². The number of hydrogen-bond donors (Lipinski definition) is 2. The van der Waals surface area contributed by atoms with Crippen LogP contribution in [0.3, 0.4) is 0 Å². The highest BCUT2D eigenvalue weighted by Gasteiger charge is 2.26. The second-order valence-corrected chi connectivity index (χ2v) is 8.99. The Labute approximate surface area is 191 Å². The van der Waals surface area contributed by atoms with E-state index in [9.17, 15) is 4.79 Å². The van der Waals surface area contributed by atoms with Crippen LogP contribution < -0.4 is 10.1 Å². The molecule has 0 aliphatic heterocycles. The topological polar surface area (TPSA) is 57.4 Å². The molecule has 1 aliphatic carbocycles. The lowest BCUT2D eigenvalue weighted by molar-refractivity contribution is -0.134. The number of methoxy groups -OCH3 is 1. The Morgan fingerprint density at radius 3 is 2.56 bits per heavy atom. The molecule has 0 spiro atoms. The smallest absolute Gasteiger partial charge is 0.239 e. The van der Waals surface area contributed by atoms with Crippen molar-refractivity contribution in [2.24, 2.45) is 0 Å². The molecule has 32 heavy (non-hydrogen) atoms. The molecule has 0 bridgehead atoms. The van der Waals surface area contributed by atoms with Gasteiger partial charge in [-0.25, -0.2) is 0 Å². The number of rotatable bonds is 8. The molecule has 0 radical (unpaired) electrons. The van der Waals surface area contributed by atoms with Crippen LogP contribution in [-0.2, 0) is 4.79 Å². The van der Waals surface area contributed by atoms with Crippen LogP contribution >= 0.6 is 0 Å². The van der Waals surface area contributed by atoms with Gasteiger partial charge >= 0.3 is 0 Å². The van der Waals surface area contributed by atoms with E-state index in [2.05, 4.69) is 46.8 Å². The fourth-order valence-corrected chi connectivity index (χ4v) is 4.96. The molecule has 2 atom stereocenters. The minimum absolute atomic E-state index is 0.118. The highest BCUT2D eigenvalue weighted by molar-refractivity contribution is 5.84. The SMILES string of the molecule is COc1ccc([C@@H](CN[C@@H](C)C(=O)N(C)C2CCCCC2)c2c[nH]c3ccccc23)cc1. The molecule has 5 heteroatoms. The summed E-state index contributed by atoms with van der Waals surface area (Å²) in [6, 6.07) is 16.8. The molecule has 0 unspecified atom stereocenters. The summed E-state index contributed by atoms with van der Waals surface area (Å²) in [5.74, 6) is 1.15. The summed E-state index contributed by atoms with van der Waals surface area (Å²) >= 11 is 0. The van der Waals surface area contributed by atoms with Crippen LogP contribution in [0.1, 0.15) is 56.1 Å². The molecule has 4 rings (SSSR count).